The molecule has 0 radical (unpaired) electrons. The molecule has 1 aliphatic heterocycles. The Bertz CT molecular complexity index is 1140. The van der Waals surface area contributed by atoms with E-state index in [1.165, 1.54) is 12.1 Å². The first-order valence-corrected chi connectivity index (χ1v) is 11.3. The molecule has 2 aliphatic rings. The van der Waals surface area contributed by atoms with E-state index in [1.54, 1.807) is 12.1 Å². The topological polar surface area (TPSA) is 59.4 Å². The van der Waals surface area contributed by atoms with Gasteiger partial charge in [-0.2, -0.15) is 5.10 Å². The summed E-state index contributed by atoms with van der Waals surface area (Å²) in [4.78, 5) is 14.9. The molecule has 1 aromatic heterocycles. The van der Waals surface area contributed by atoms with Crippen molar-refractivity contribution in [1.82, 2.24) is 15.1 Å². The summed E-state index contributed by atoms with van der Waals surface area (Å²) in [6.45, 7) is 6.54. The number of anilines is 1. The first kappa shape index (κ1) is 20.8. The molecule has 1 aliphatic carbocycles. The highest BCUT2D eigenvalue weighted by molar-refractivity contribution is 5.84. The van der Waals surface area contributed by atoms with Crippen LogP contribution in [-0.4, -0.2) is 39.6 Å². The van der Waals surface area contributed by atoms with E-state index in [1.807, 2.05) is 31.6 Å². The van der Waals surface area contributed by atoms with Crippen molar-refractivity contribution in [3.8, 4) is 5.69 Å². The smallest absolute Gasteiger partial charge is 0.407 e. The van der Waals surface area contributed by atoms with E-state index in [0.717, 1.165) is 54.5 Å². The average molecular weight is 437 g/mol. The second-order valence-electron chi connectivity index (χ2n) is 9.87. The van der Waals surface area contributed by atoms with Gasteiger partial charge >= 0.3 is 6.09 Å². The fraction of sp³-hybridized carbons (Fsp3) is 0.440. The van der Waals surface area contributed by atoms with Crippen molar-refractivity contribution in [2.24, 2.45) is 0 Å². The number of nitrogens with zero attached hydrogens (tertiary/aromatic N) is 3. The first-order chi connectivity index (χ1) is 15.2. The fourth-order valence-electron chi connectivity index (χ4n) is 5.11. The van der Waals surface area contributed by atoms with E-state index >= 15 is 0 Å². The predicted octanol–water partition coefficient (Wildman–Crippen LogP) is 5.19. The molecule has 0 bridgehead atoms. The maximum atomic E-state index is 13.3. The molecule has 1 saturated carbocycles. The second-order valence-corrected chi connectivity index (χ2v) is 9.87. The van der Waals surface area contributed by atoms with Crippen LogP contribution in [0.1, 0.15) is 46.5 Å². The molecule has 32 heavy (non-hydrogen) atoms. The predicted molar refractivity (Wildman–Crippen MR) is 123 cm³/mol. The van der Waals surface area contributed by atoms with E-state index in [0.29, 0.717) is 0 Å². The molecule has 1 unspecified atom stereocenters. The van der Waals surface area contributed by atoms with Gasteiger partial charge in [-0.3, -0.25) is 0 Å². The molecule has 2 heterocycles. The minimum absolute atomic E-state index is 0.0580. The summed E-state index contributed by atoms with van der Waals surface area (Å²) in [7, 11) is 0. The number of halogens is 1. The Morgan fingerprint density at radius 2 is 1.88 bits per heavy atom. The van der Waals surface area contributed by atoms with Crippen LogP contribution >= 0.6 is 0 Å². The van der Waals surface area contributed by atoms with Gasteiger partial charge in [0.15, 0.2) is 0 Å². The Labute approximate surface area is 187 Å². The number of ether oxygens (including phenoxy) is 1. The lowest BCUT2D eigenvalue weighted by Crippen LogP contribution is -2.61. The molecule has 1 atom stereocenters. The van der Waals surface area contributed by atoms with Crippen LogP contribution in [0.4, 0.5) is 14.9 Å². The number of carbonyl (C=O) groups is 1. The molecule has 1 N–H and O–H groups in total. The van der Waals surface area contributed by atoms with Gasteiger partial charge < -0.3 is 15.0 Å². The zero-order valence-electron chi connectivity index (χ0n) is 18.8. The molecule has 6 nitrogen and oxygen atoms in total. The van der Waals surface area contributed by atoms with Crippen molar-refractivity contribution in [3.05, 3.63) is 54.5 Å². The fourth-order valence-corrected chi connectivity index (χ4v) is 5.11. The quantitative estimate of drug-likeness (QED) is 0.614. The zero-order valence-corrected chi connectivity index (χ0v) is 18.8. The van der Waals surface area contributed by atoms with Gasteiger partial charge in [0, 0.05) is 17.6 Å². The van der Waals surface area contributed by atoms with Gasteiger partial charge in [-0.15, -0.1) is 0 Å². The Morgan fingerprint density at radius 1 is 1.16 bits per heavy atom. The molecule has 168 valence electrons. The van der Waals surface area contributed by atoms with Gasteiger partial charge in [-0.05, 0) is 88.9 Å². The summed E-state index contributed by atoms with van der Waals surface area (Å²) < 4.78 is 20.6. The number of hydrogen-bond donors (Lipinski definition) is 1. The number of carbonyl (C=O) groups excluding carboxylic acids is 1. The number of fused-ring (bicyclic) bond motifs is 1. The van der Waals surface area contributed by atoms with Gasteiger partial charge in [0.1, 0.15) is 11.4 Å². The average Bonchev–Trinajstić information content (AvgIpc) is 3.28. The number of nitrogens with one attached hydrogen (secondary N) is 1. The third-order valence-electron chi connectivity index (χ3n) is 6.67. The summed E-state index contributed by atoms with van der Waals surface area (Å²) in [6.07, 6.45) is 5.68. The summed E-state index contributed by atoms with van der Waals surface area (Å²) in [6, 6.07) is 12.8. The number of alkyl carbamates (subject to hydrolysis) is 1. The summed E-state index contributed by atoms with van der Waals surface area (Å²) in [5.74, 6) is -0.262. The van der Waals surface area contributed by atoms with Gasteiger partial charge in [0.25, 0.3) is 0 Å². The highest BCUT2D eigenvalue weighted by Crippen LogP contribution is 2.48. The number of benzene rings is 2. The van der Waals surface area contributed by atoms with Crippen LogP contribution in [0, 0.1) is 5.82 Å². The Balaban J connectivity index is 1.40. The van der Waals surface area contributed by atoms with E-state index in [-0.39, 0.29) is 23.5 Å². The Morgan fingerprint density at radius 3 is 2.53 bits per heavy atom. The third-order valence-corrected chi connectivity index (χ3v) is 6.67. The van der Waals surface area contributed by atoms with Crippen molar-refractivity contribution < 1.29 is 13.9 Å². The molecule has 2 aromatic carbocycles. The maximum Gasteiger partial charge on any atom is 0.407 e. The Kier molecular flexibility index (Phi) is 4.87. The third kappa shape index (κ3) is 3.59. The van der Waals surface area contributed by atoms with Gasteiger partial charge in [0.2, 0.25) is 0 Å². The SMILES string of the molecule is CC(C)(C)OC(=O)NC1CCN(c2ccc3c(cnn3-c3ccc(F)cc3)c2)C12CCC2. The minimum atomic E-state index is -0.509. The summed E-state index contributed by atoms with van der Waals surface area (Å²) in [5, 5.41) is 8.70. The highest BCUT2D eigenvalue weighted by Gasteiger charge is 2.53. The van der Waals surface area contributed by atoms with Crippen molar-refractivity contribution >= 4 is 22.7 Å². The van der Waals surface area contributed by atoms with Crippen LogP contribution in [0.25, 0.3) is 16.6 Å². The summed E-state index contributed by atoms with van der Waals surface area (Å²) in [5.41, 5.74) is 2.38. The van der Waals surface area contributed by atoms with Gasteiger partial charge in [-0.25, -0.2) is 13.9 Å². The zero-order chi connectivity index (χ0) is 22.5. The molecular formula is C25H29FN4O2. The first-order valence-electron chi connectivity index (χ1n) is 11.3. The van der Waals surface area contributed by atoms with E-state index in [4.69, 9.17) is 4.74 Å². The van der Waals surface area contributed by atoms with E-state index < -0.39 is 5.60 Å². The molecule has 2 fully saturated rings. The minimum Gasteiger partial charge on any atom is -0.444 e. The number of hydrogen-bond acceptors (Lipinski definition) is 4. The van der Waals surface area contributed by atoms with E-state index in [9.17, 15) is 9.18 Å². The van der Waals surface area contributed by atoms with Crippen LogP contribution in [0.3, 0.4) is 0 Å². The van der Waals surface area contributed by atoms with Crippen molar-refractivity contribution in [2.45, 2.75) is 63.6 Å². The lowest BCUT2D eigenvalue weighted by molar-refractivity contribution is 0.0462. The molecule has 7 heteroatoms. The van der Waals surface area contributed by atoms with Crippen LogP contribution in [0.15, 0.2) is 48.7 Å². The molecular weight excluding hydrogens is 407 g/mol. The van der Waals surface area contributed by atoms with Crippen LogP contribution in [-0.2, 0) is 4.74 Å². The van der Waals surface area contributed by atoms with Crippen LogP contribution in [0.5, 0.6) is 0 Å². The standard InChI is InChI=1S/C25H29FN4O2/c1-24(2,3)32-23(31)28-22-11-14-29(25(22)12-4-13-25)20-9-10-21-17(15-20)16-27-30(21)19-7-5-18(26)6-8-19/h5-10,15-16,22H,4,11-14H2,1-3H3,(H,28,31). The van der Waals surface area contributed by atoms with Gasteiger partial charge in [0.05, 0.1) is 29.0 Å². The molecule has 1 saturated heterocycles. The lowest BCUT2D eigenvalue weighted by Gasteiger charge is -2.50. The van der Waals surface area contributed by atoms with Crippen LogP contribution < -0.4 is 10.2 Å². The number of amides is 1. The molecule has 3 aromatic rings. The molecule has 1 spiro atoms. The normalized spacial score (nSPS) is 19.9. The van der Waals surface area contributed by atoms with Crippen molar-refractivity contribution in [1.29, 1.82) is 0 Å². The molecule has 1 amide bonds. The van der Waals surface area contributed by atoms with Crippen molar-refractivity contribution in [2.75, 3.05) is 11.4 Å². The number of rotatable bonds is 3. The lowest BCUT2D eigenvalue weighted by atomic mass is 9.71. The number of aromatic nitrogens is 2. The van der Waals surface area contributed by atoms with Crippen molar-refractivity contribution in [3.63, 3.8) is 0 Å². The van der Waals surface area contributed by atoms with Crippen LogP contribution in [0.2, 0.25) is 0 Å². The largest absolute Gasteiger partial charge is 0.444 e. The second kappa shape index (κ2) is 7.50. The van der Waals surface area contributed by atoms with E-state index in [2.05, 4.69) is 33.5 Å². The van der Waals surface area contributed by atoms with Gasteiger partial charge in [-0.1, -0.05) is 0 Å². The molecule has 5 rings (SSSR count). The monoisotopic (exact) mass is 436 g/mol. The summed E-state index contributed by atoms with van der Waals surface area (Å²) >= 11 is 0. The maximum absolute atomic E-state index is 13.3. The Hall–Kier alpha value is -3.09. The highest BCUT2D eigenvalue weighted by atomic mass is 19.1.